The van der Waals surface area contributed by atoms with E-state index in [9.17, 15) is 13.2 Å². The van der Waals surface area contributed by atoms with Crippen LogP contribution >= 0.6 is 0 Å². The second kappa shape index (κ2) is 8.79. The maximum absolute atomic E-state index is 15.7. The zero-order chi connectivity index (χ0) is 29.9. The molecule has 3 nitrogen and oxygen atoms in total. The molecule has 3 heterocycles. The highest BCUT2D eigenvalue weighted by Crippen LogP contribution is 2.54. The van der Waals surface area contributed by atoms with Crippen LogP contribution in [0.4, 0.5) is 27.6 Å². The maximum atomic E-state index is 15.7. The molecule has 0 saturated carbocycles. The zero-order valence-corrected chi connectivity index (χ0v) is 24.7. The van der Waals surface area contributed by atoms with Crippen LogP contribution in [0.15, 0.2) is 12.1 Å². The first-order chi connectivity index (χ1) is 19.2. The van der Waals surface area contributed by atoms with E-state index in [2.05, 4.69) is 51.0 Å². The topological polar surface area (TPSA) is 15.5 Å². The van der Waals surface area contributed by atoms with Crippen LogP contribution in [-0.4, -0.2) is 26.2 Å². The van der Waals surface area contributed by atoms with Gasteiger partial charge in [0.15, 0.2) is 29.8 Å². The van der Waals surface area contributed by atoms with Gasteiger partial charge in [0.1, 0.15) is 18.0 Å². The summed E-state index contributed by atoms with van der Waals surface area (Å²) < 4.78 is 84.1. The first-order valence-electron chi connectivity index (χ1n) is 14.1. The summed E-state index contributed by atoms with van der Waals surface area (Å²) in [5, 5.41) is 1.31. The van der Waals surface area contributed by atoms with Crippen molar-refractivity contribution in [2.75, 3.05) is 31.1 Å². The lowest BCUT2D eigenvalue weighted by Gasteiger charge is -2.30. The molecule has 0 radical (unpaired) electrons. The number of likely N-dealkylation sites (N-methyl/N-ethyl adjacent to an activating group) is 2. The fourth-order valence-electron chi connectivity index (χ4n) is 7.39. The van der Waals surface area contributed by atoms with Crippen LogP contribution in [0.3, 0.4) is 0 Å². The molecule has 6 rings (SSSR count). The van der Waals surface area contributed by atoms with Gasteiger partial charge in [0.2, 0.25) is 11.2 Å². The molecule has 41 heavy (non-hydrogen) atoms. The molecular weight excluding hydrogens is 535 g/mol. The SMILES string of the molecule is CCN1CC(C)(C)c2c3c(cc(C)c21)C(c1c(F)c(F)c(F)c(F)c1F)=c1cc(C)c2c(c1O3)C(C)(C)C[N+]=2CC. The van der Waals surface area contributed by atoms with Gasteiger partial charge in [-0.3, -0.25) is 0 Å². The van der Waals surface area contributed by atoms with E-state index in [0.717, 1.165) is 46.4 Å². The van der Waals surface area contributed by atoms with Crippen molar-refractivity contribution in [3.63, 3.8) is 0 Å². The molecule has 0 saturated heterocycles. The number of ether oxygens (including phenoxy) is 1. The molecular formula is C33H34F5N2O+. The second-order valence-electron chi connectivity index (χ2n) is 12.8. The standard InChI is InChI=1S/C33H34F5N2O/c1-9-39-13-32(5,6)21-28(39)15(3)11-17-19(20-23(34)25(36)27(38)26(37)24(20)35)18-12-16(4)29-22(31(18)41-30(17)21)33(7,8)14-40(29)10-2/h11-12H,9-10,13-14H2,1-8H3/q+1. The average molecular weight is 570 g/mol. The zero-order valence-electron chi connectivity index (χ0n) is 24.7. The van der Waals surface area contributed by atoms with E-state index in [0.29, 0.717) is 35.4 Å². The van der Waals surface area contributed by atoms with E-state index in [1.54, 1.807) is 12.1 Å². The van der Waals surface area contributed by atoms with Crippen LogP contribution in [0.5, 0.6) is 11.5 Å². The minimum Gasteiger partial charge on any atom is -0.455 e. The van der Waals surface area contributed by atoms with Crippen molar-refractivity contribution in [3.05, 3.63) is 85.2 Å². The van der Waals surface area contributed by atoms with Gasteiger partial charge < -0.3 is 9.64 Å². The quantitative estimate of drug-likeness (QED) is 0.125. The third-order valence-electron chi connectivity index (χ3n) is 9.01. The molecule has 3 aromatic carbocycles. The molecule has 0 aliphatic carbocycles. The lowest BCUT2D eigenvalue weighted by atomic mass is 9.79. The Morgan fingerprint density at radius 3 is 2.00 bits per heavy atom. The third kappa shape index (κ3) is 3.58. The van der Waals surface area contributed by atoms with Gasteiger partial charge in [-0.25, -0.2) is 26.5 Å². The lowest BCUT2D eigenvalue weighted by Crippen LogP contribution is -2.32. The van der Waals surface area contributed by atoms with Crippen LogP contribution in [0.2, 0.25) is 0 Å². The molecule has 0 unspecified atom stereocenters. The van der Waals surface area contributed by atoms with Crippen LogP contribution in [0, 0.1) is 42.9 Å². The summed E-state index contributed by atoms with van der Waals surface area (Å²) in [6.07, 6.45) is 0. The molecule has 0 fully saturated rings. The molecule has 3 aromatic rings. The summed E-state index contributed by atoms with van der Waals surface area (Å²) in [5.41, 5.74) is 2.96. The molecule has 0 aromatic heterocycles. The van der Waals surface area contributed by atoms with Crippen molar-refractivity contribution in [2.45, 2.75) is 66.2 Å². The summed E-state index contributed by atoms with van der Waals surface area (Å²) in [5.74, 6) is -8.99. The normalized spacial score (nSPS) is 17.8. The number of halogens is 5. The number of benzene rings is 3. The third-order valence-corrected chi connectivity index (χ3v) is 9.01. The highest BCUT2D eigenvalue weighted by Gasteiger charge is 2.46. The van der Waals surface area contributed by atoms with E-state index in [1.165, 1.54) is 0 Å². The van der Waals surface area contributed by atoms with Gasteiger partial charge in [0, 0.05) is 51.7 Å². The van der Waals surface area contributed by atoms with Crippen LogP contribution < -0.4 is 24.8 Å². The number of hydrogen-bond donors (Lipinski definition) is 0. The Labute approximate surface area is 236 Å². The summed E-state index contributed by atoms with van der Waals surface area (Å²) in [6, 6.07) is 3.53. The number of fused-ring (bicyclic) bond motifs is 6. The summed E-state index contributed by atoms with van der Waals surface area (Å²) >= 11 is 0. The molecule has 3 aliphatic rings. The van der Waals surface area contributed by atoms with Gasteiger partial charge in [-0.15, -0.1) is 0 Å². The molecule has 0 spiro atoms. The summed E-state index contributed by atoms with van der Waals surface area (Å²) in [6.45, 7) is 19.2. The average Bonchev–Trinajstić information content (AvgIpc) is 3.36. The van der Waals surface area contributed by atoms with Gasteiger partial charge in [-0.1, -0.05) is 13.8 Å². The number of rotatable bonds is 3. The van der Waals surface area contributed by atoms with Crippen molar-refractivity contribution >= 4 is 11.3 Å². The van der Waals surface area contributed by atoms with Crippen LogP contribution in [0.25, 0.3) is 5.57 Å². The first kappa shape index (κ1) is 27.7. The number of nitrogens with zero attached hydrogens (tertiary/aromatic N) is 2. The smallest absolute Gasteiger partial charge is 0.210 e. The van der Waals surface area contributed by atoms with E-state index in [1.807, 2.05) is 13.8 Å². The van der Waals surface area contributed by atoms with Crippen LogP contribution in [0.1, 0.15) is 74.9 Å². The largest absolute Gasteiger partial charge is 0.455 e. The Hall–Kier alpha value is -3.42. The highest BCUT2D eigenvalue weighted by molar-refractivity contribution is 5.90. The molecule has 0 bridgehead atoms. The Morgan fingerprint density at radius 1 is 0.805 bits per heavy atom. The second-order valence-corrected chi connectivity index (χ2v) is 12.8. The van der Waals surface area contributed by atoms with E-state index in [-0.39, 0.29) is 5.57 Å². The van der Waals surface area contributed by atoms with Crippen molar-refractivity contribution in [1.82, 2.24) is 4.58 Å². The van der Waals surface area contributed by atoms with E-state index >= 15 is 8.78 Å². The Balaban J connectivity index is 1.89. The highest BCUT2D eigenvalue weighted by atomic mass is 19.2. The molecule has 8 heteroatoms. The molecule has 0 N–H and O–H groups in total. The van der Waals surface area contributed by atoms with E-state index < -0.39 is 45.5 Å². The monoisotopic (exact) mass is 569 g/mol. The van der Waals surface area contributed by atoms with Crippen molar-refractivity contribution < 1.29 is 26.7 Å². The van der Waals surface area contributed by atoms with Crippen LogP contribution in [-0.2, 0) is 10.8 Å². The first-order valence-corrected chi connectivity index (χ1v) is 14.1. The fraction of sp³-hybridized carbons (Fsp3) is 0.424. The fourth-order valence-corrected chi connectivity index (χ4v) is 7.39. The number of anilines is 1. The number of hydrogen-bond acceptors (Lipinski definition) is 2. The van der Waals surface area contributed by atoms with Crippen molar-refractivity contribution in [3.8, 4) is 11.5 Å². The van der Waals surface area contributed by atoms with E-state index in [4.69, 9.17) is 4.74 Å². The molecule has 3 aliphatic heterocycles. The molecule has 0 amide bonds. The van der Waals surface area contributed by atoms with Gasteiger partial charge in [-0.05, 0) is 59.2 Å². The minimum absolute atomic E-state index is 0.0395. The Morgan fingerprint density at radius 2 is 1.41 bits per heavy atom. The Kier molecular flexibility index (Phi) is 5.95. The summed E-state index contributed by atoms with van der Waals surface area (Å²) in [7, 11) is 0. The Bertz CT molecular complexity index is 1790. The predicted octanol–water partition coefficient (Wildman–Crippen LogP) is 6.27. The predicted molar refractivity (Wildman–Crippen MR) is 150 cm³/mol. The van der Waals surface area contributed by atoms with Crippen molar-refractivity contribution in [2.24, 2.45) is 0 Å². The van der Waals surface area contributed by atoms with Gasteiger partial charge in [-0.2, -0.15) is 0 Å². The van der Waals surface area contributed by atoms with Gasteiger partial charge in [0.25, 0.3) is 0 Å². The minimum atomic E-state index is -2.17. The van der Waals surface area contributed by atoms with Crippen molar-refractivity contribution in [1.29, 1.82) is 0 Å². The maximum Gasteiger partial charge on any atom is 0.210 e. The van der Waals surface area contributed by atoms with Gasteiger partial charge >= 0.3 is 0 Å². The van der Waals surface area contributed by atoms with Gasteiger partial charge in [0.05, 0.1) is 16.5 Å². The number of aryl methyl sites for hydroxylation is 2. The molecule has 0 atom stereocenters. The molecule has 216 valence electrons. The lowest BCUT2D eigenvalue weighted by molar-refractivity contribution is 0.376. The summed E-state index contributed by atoms with van der Waals surface area (Å²) in [4.78, 5) is 2.24.